The first-order valence-corrected chi connectivity index (χ1v) is 7.85. The first kappa shape index (κ1) is 16.4. The summed E-state index contributed by atoms with van der Waals surface area (Å²) in [6.07, 6.45) is 5.88. The lowest BCUT2D eigenvalue weighted by molar-refractivity contribution is 0.0868. The zero-order valence-electron chi connectivity index (χ0n) is 13.4. The average molecular weight is 333 g/mol. The van der Waals surface area contributed by atoms with E-state index >= 15 is 0 Å². The summed E-state index contributed by atoms with van der Waals surface area (Å²) in [5, 5.41) is 12.9. The average Bonchev–Trinajstić information content (AvgIpc) is 3.18. The Morgan fingerprint density at radius 2 is 2.33 bits per heavy atom. The van der Waals surface area contributed by atoms with Crippen LogP contribution in [0.3, 0.4) is 0 Å². The van der Waals surface area contributed by atoms with Crippen LogP contribution in [0.25, 0.3) is 0 Å². The fourth-order valence-corrected chi connectivity index (χ4v) is 3.21. The van der Waals surface area contributed by atoms with Crippen molar-refractivity contribution in [2.75, 3.05) is 7.11 Å². The molecule has 1 heterocycles. The summed E-state index contributed by atoms with van der Waals surface area (Å²) in [6.45, 7) is 0.733. The van der Waals surface area contributed by atoms with Crippen molar-refractivity contribution in [3.8, 4) is 5.75 Å². The highest BCUT2D eigenvalue weighted by Crippen LogP contribution is 2.28. The molecule has 0 spiro atoms. The summed E-state index contributed by atoms with van der Waals surface area (Å²) in [7, 11) is 1.35. The third kappa shape index (κ3) is 3.41. The van der Waals surface area contributed by atoms with Gasteiger partial charge in [0.15, 0.2) is 11.6 Å². The molecule has 1 aromatic carbocycles. The quantitative estimate of drug-likeness (QED) is 0.871. The Hall–Kier alpha value is -2.41. The number of rotatable bonds is 5. The summed E-state index contributed by atoms with van der Waals surface area (Å²) in [5.41, 5.74) is -0.0837. The van der Waals surface area contributed by atoms with Crippen LogP contribution in [0.5, 0.6) is 5.75 Å². The molecule has 2 aromatic rings. The normalized spacial score (nSPS) is 23.2. The number of amides is 1. The van der Waals surface area contributed by atoms with Crippen LogP contribution in [0.2, 0.25) is 0 Å². The molecule has 0 radical (unpaired) electrons. The Balaban J connectivity index is 1.64. The zero-order chi connectivity index (χ0) is 17.1. The van der Waals surface area contributed by atoms with Crippen molar-refractivity contribution in [2.45, 2.75) is 31.5 Å². The lowest BCUT2D eigenvalue weighted by Crippen LogP contribution is -2.40. The Bertz CT molecular complexity index is 705. The summed E-state index contributed by atoms with van der Waals surface area (Å²) < 4.78 is 21.0. The summed E-state index contributed by atoms with van der Waals surface area (Å²) in [4.78, 5) is 16.3. The van der Waals surface area contributed by atoms with Gasteiger partial charge in [0, 0.05) is 18.9 Å². The highest BCUT2D eigenvalue weighted by molar-refractivity contribution is 5.95. The van der Waals surface area contributed by atoms with E-state index in [2.05, 4.69) is 10.3 Å². The van der Waals surface area contributed by atoms with E-state index in [0.717, 1.165) is 6.54 Å². The molecular weight excluding hydrogens is 313 g/mol. The molecule has 3 atom stereocenters. The van der Waals surface area contributed by atoms with Gasteiger partial charge in [0.2, 0.25) is 0 Å². The number of hydrogen-bond acceptors (Lipinski definition) is 4. The van der Waals surface area contributed by atoms with Gasteiger partial charge >= 0.3 is 0 Å². The molecule has 2 N–H and O–H groups in total. The molecule has 7 heteroatoms. The van der Waals surface area contributed by atoms with Crippen LogP contribution in [0.4, 0.5) is 4.39 Å². The Morgan fingerprint density at radius 1 is 1.50 bits per heavy atom. The summed E-state index contributed by atoms with van der Waals surface area (Å²) in [6, 6.07) is 4.02. The van der Waals surface area contributed by atoms with Crippen LogP contribution < -0.4 is 10.1 Å². The van der Waals surface area contributed by atoms with Gasteiger partial charge in [-0.05, 0) is 30.9 Å². The second kappa shape index (κ2) is 7.00. The number of aliphatic hydroxyl groups excluding tert-OH is 1. The van der Waals surface area contributed by atoms with Crippen LogP contribution in [-0.4, -0.2) is 39.8 Å². The molecular formula is C17H20FN3O3. The Labute approximate surface area is 139 Å². The lowest BCUT2D eigenvalue weighted by Gasteiger charge is -2.17. The largest absolute Gasteiger partial charge is 0.494 e. The predicted octanol–water partition coefficient (Wildman–Crippen LogP) is 1.60. The molecule has 0 aliphatic heterocycles. The number of methoxy groups -OCH3 is 1. The standard InChI is InChI=1S/C17H20FN3O3/c1-24-15-4-2-3-12(16(15)18)17(23)20-13-7-11(8-14(13)22)9-21-6-5-19-10-21/h2-6,10-11,13-14,22H,7-9H2,1H3,(H,20,23)/t11?,13-,14-/m1/s1. The Morgan fingerprint density at radius 3 is 3.04 bits per heavy atom. The van der Waals surface area contributed by atoms with E-state index in [1.54, 1.807) is 18.6 Å². The molecule has 1 aliphatic carbocycles. The van der Waals surface area contributed by atoms with E-state index in [0.29, 0.717) is 12.8 Å². The molecule has 3 rings (SSSR count). The minimum absolute atomic E-state index is 0.0209. The van der Waals surface area contributed by atoms with Gasteiger partial charge in [-0.25, -0.2) is 9.37 Å². The number of aromatic nitrogens is 2. The van der Waals surface area contributed by atoms with Crippen LogP contribution in [0.15, 0.2) is 36.9 Å². The smallest absolute Gasteiger partial charge is 0.254 e. The number of hydrogen-bond donors (Lipinski definition) is 2. The van der Waals surface area contributed by atoms with E-state index in [1.165, 1.54) is 19.2 Å². The predicted molar refractivity (Wildman–Crippen MR) is 85.2 cm³/mol. The van der Waals surface area contributed by atoms with Gasteiger partial charge in [-0.2, -0.15) is 0 Å². The third-order valence-corrected chi connectivity index (χ3v) is 4.40. The molecule has 1 saturated carbocycles. The van der Waals surface area contributed by atoms with Crippen molar-refractivity contribution < 1.29 is 19.0 Å². The van der Waals surface area contributed by atoms with Gasteiger partial charge in [0.25, 0.3) is 5.91 Å². The van der Waals surface area contributed by atoms with Gasteiger partial charge in [0.05, 0.1) is 31.1 Å². The maximum Gasteiger partial charge on any atom is 0.254 e. The van der Waals surface area contributed by atoms with E-state index < -0.39 is 23.9 Å². The SMILES string of the molecule is COc1cccc(C(=O)N[C@@H]2CC(Cn3ccnc3)C[C@H]2O)c1F. The van der Waals surface area contributed by atoms with Crippen molar-refractivity contribution in [3.05, 3.63) is 48.3 Å². The first-order chi connectivity index (χ1) is 11.6. The fourth-order valence-electron chi connectivity index (χ4n) is 3.21. The van der Waals surface area contributed by atoms with Gasteiger partial charge in [0.1, 0.15) is 0 Å². The van der Waals surface area contributed by atoms with Crippen LogP contribution in [0.1, 0.15) is 23.2 Å². The summed E-state index contributed by atoms with van der Waals surface area (Å²) in [5.74, 6) is -0.985. The molecule has 128 valence electrons. The molecule has 1 aliphatic rings. The van der Waals surface area contributed by atoms with Gasteiger partial charge < -0.3 is 19.7 Å². The van der Waals surface area contributed by atoms with Gasteiger partial charge in [-0.3, -0.25) is 4.79 Å². The highest BCUT2D eigenvalue weighted by Gasteiger charge is 2.34. The van der Waals surface area contributed by atoms with Crippen LogP contribution >= 0.6 is 0 Å². The van der Waals surface area contributed by atoms with E-state index in [9.17, 15) is 14.3 Å². The van der Waals surface area contributed by atoms with Crippen molar-refractivity contribution in [2.24, 2.45) is 5.92 Å². The molecule has 0 bridgehead atoms. The van der Waals surface area contributed by atoms with Crippen molar-refractivity contribution in [1.29, 1.82) is 0 Å². The molecule has 0 saturated heterocycles. The highest BCUT2D eigenvalue weighted by atomic mass is 19.1. The number of nitrogens with one attached hydrogen (secondary N) is 1. The lowest BCUT2D eigenvalue weighted by atomic mass is 10.1. The zero-order valence-corrected chi connectivity index (χ0v) is 13.4. The number of ether oxygens (including phenoxy) is 1. The van der Waals surface area contributed by atoms with Crippen molar-refractivity contribution in [1.82, 2.24) is 14.9 Å². The second-order valence-corrected chi connectivity index (χ2v) is 6.07. The molecule has 6 nitrogen and oxygen atoms in total. The monoisotopic (exact) mass is 333 g/mol. The number of imidazole rings is 1. The molecule has 24 heavy (non-hydrogen) atoms. The number of nitrogens with zero attached hydrogens (tertiary/aromatic N) is 2. The minimum atomic E-state index is -0.694. The summed E-state index contributed by atoms with van der Waals surface area (Å²) >= 11 is 0. The van der Waals surface area contributed by atoms with E-state index in [-0.39, 0.29) is 17.2 Å². The molecule has 1 aromatic heterocycles. The Kier molecular flexibility index (Phi) is 4.80. The third-order valence-electron chi connectivity index (χ3n) is 4.40. The van der Waals surface area contributed by atoms with Crippen molar-refractivity contribution >= 4 is 5.91 Å². The maximum absolute atomic E-state index is 14.2. The molecule has 1 fully saturated rings. The molecule has 1 unspecified atom stereocenters. The van der Waals surface area contributed by atoms with Gasteiger partial charge in [-0.1, -0.05) is 6.07 Å². The topological polar surface area (TPSA) is 76.4 Å². The first-order valence-electron chi connectivity index (χ1n) is 7.85. The number of carbonyl (C=O) groups is 1. The second-order valence-electron chi connectivity index (χ2n) is 6.07. The minimum Gasteiger partial charge on any atom is -0.494 e. The number of benzene rings is 1. The molecule has 1 amide bonds. The van der Waals surface area contributed by atoms with Gasteiger partial charge in [-0.15, -0.1) is 0 Å². The number of halogens is 1. The van der Waals surface area contributed by atoms with E-state index in [4.69, 9.17) is 4.74 Å². The van der Waals surface area contributed by atoms with Crippen LogP contribution in [0, 0.1) is 11.7 Å². The fraction of sp³-hybridized carbons (Fsp3) is 0.412. The van der Waals surface area contributed by atoms with E-state index in [1.807, 2.05) is 10.8 Å². The maximum atomic E-state index is 14.2. The van der Waals surface area contributed by atoms with Crippen LogP contribution in [-0.2, 0) is 6.54 Å². The number of carbonyl (C=O) groups excluding carboxylic acids is 1. The van der Waals surface area contributed by atoms with Crippen molar-refractivity contribution in [3.63, 3.8) is 0 Å². The number of aliphatic hydroxyl groups is 1.